The average molecular weight is 375 g/mol. The topological polar surface area (TPSA) is 115 Å². The van der Waals surface area contributed by atoms with Gasteiger partial charge in [-0.3, -0.25) is 9.59 Å². The molecule has 2 N–H and O–H groups in total. The van der Waals surface area contributed by atoms with Crippen LogP contribution in [0.4, 0.5) is 5.13 Å². The van der Waals surface area contributed by atoms with Crippen LogP contribution in [0.5, 0.6) is 11.5 Å². The number of fused-ring (bicyclic) bond motifs is 1. The van der Waals surface area contributed by atoms with E-state index < -0.39 is 0 Å². The summed E-state index contributed by atoms with van der Waals surface area (Å²) >= 11 is 1.16. The van der Waals surface area contributed by atoms with Crippen LogP contribution >= 0.6 is 11.3 Å². The van der Waals surface area contributed by atoms with Gasteiger partial charge in [0.1, 0.15) is 5.01 Å². The van der Waals surface area contributed by atoms with Crippen LogP contribution in [-0.4, -0.2) is 35.0 Å². The van der Waals surface area contributed by atoms with Crippen molar-refractivity contribution in [3.05, 3.63) is 28.8 Å². The van der Waals surface area contributed by atoms with E-state index >= 15 is 0 Å². The zero-order chi connectivity index (χ0) is 18.4. The van der Waals surface area contributed by atoms with E-state index in [9.17, 15) is 9.59 Å². The third kappa shape index (κ3) is 4.76. The Bertz CT molecular complexity index is 836. The second-order valence-corrected chi connectivity index (χ2v) is 6.44. The summed E-state index contributed by atoms with van der Waals surface area (Å²) in [5, 5.41) is 15.2. The van der Waals surface area contributed by atoms with Gasteiger partial charge in [-0.2, -0.15) is 5.10 Å². The lowest BCUT2D eigenvalue weighted by Crippen LogP contribution is -2.19. The Morgan fingerprint density at radius 3 is 2.96 bits per heavy atom. The summed E-state index contributed by atoms with van der Waals surface area (Å²) in [5.41, 5.74) is 3.20. The number of nitrogens with zero attached hydrogens (tertiary/aromatic N) is 3. The molecule has 2 amide bonds. The molecule has 9 nitrogen and oxygen atoms in total. The van der Waals surface area contributed by atoms with Crippen LogP contribution in [0.3, 0.4) is 0 Å². The first-order chi connectivity index (χ1) is 12.6. The predicted molar refractivity (Wildman–Crippen MR) is 95.5 cm³/mol. The van der Waals surface area contributed by atoms with Crippen molar-refractivity contribution >= 4 is 34.5 Å². The van der Waals surface area contributed by atoms with E-state index in [1.54, 1.807) is 18.2 Å². The molecule has 1 aliphatic rings. The van der Waals surface area contributed by atoms with E-state index in [4.69, 9.17) is 9.47 Å². The molecule has 26 heavy (non-hydrogen) atoms. The van der Waals surface area contributed by atoms with Crippen molar-refractivity contribution < 1.29 is 19.1 Å². The van der Waals surface area contributed by atoms with E-state index in [1.807, 2.05) is 6.92 Å². The van der Waals surface area contributed by atoms with Crippen LogP contribution in [0, 0.1) is 0 Å². The van der Waals surface area contributed by atoms with Gasteiger partial charge in [-0.1, -0.05) is 18.3 Å². The molecule has 1 aromatic heterocycles. The minimum absolute atomic E-state index is 0.0276. The Morgan fingerprint density at radius 2 is 2.12 bits per heavy atom. The minimum Gasteiger partial charge on any atom is -0.454 e. The first kappa shape index (κ1) is 17.8. The number of anilines is 1. The number of hydrogen-bond acceptors (Lipinski definition) is 8. The number of amides is 2. The first-order valence-electron chi connectivity index (χ1n) is 7.98. The molecule has 0 saturated carbocycles. The number of hydrogen-bond donors (Lipinski definition) is 2. The lowest BCUT2D eigenvalue weighted by Gasteiger charge is -1.98. The Morgan fingerprint density at radius 1 is 1.27 bits per heavy atom. The summed E-state index contributed by atoms with van der Waals surface area (Å²) in [6.45, 7) is 2.12. The van der Waals surface area contributed by atoms with Crippen LogP contribution in [0.1, 0.15) is 30.3 Å². The summed E-state index contributed by atoms with van der Waals surface area (Å²) < 4.78 is 10.5. The number of hydrazone groups is 1. The number of ether oxygens (including phenoxy) is 2. The van der Waals surface area contributed by atoms with Crippen LogP contribution in [0.2, 0.25) is 0 Å². The Hall–Kier alpha value is -3.01. The quantitative estimate of drug-likeness (QED) is 0.562. The number of aromatic nitrogens is 2. The van der Waals surface area contributed by atoms with Crippen molar-refractivity contribution in [3.8, 4) is 11.5 Å². The van der Waals surface area contributed by atoms with Gasteiger partial charge in [0.25, 0.3) is 0 Å². The molecule has 0 fully saturated rings. The van der Waals surface area contributed by atoms with E-state index in [-0.39, 0.29) is 25.0 Å². The summed E-state index contributed by atoms with van der Waals surface area (Å²) in [4.78, 5) is 23.4. The smallest absolute Gasteiger partial charge is 0.247 e. The number of benzene rings is 1. The lowest BCUT2D eigenvalue weighted by molar-refractivity contribution is -0.120. The lowest BCUT2D eigenvalue weighted by atomic mass is 10.2. The van der Waals surface area contributed by atoms with Gasteiger partial charge in [-0.15, -0.1) is 10.2 Å². The first-order valence-corrected chi connectivity index (χ1v) is 8.79. The second-order valence-electron chi connectivity index (χ2n) is 5.38. The van der Waals surface area contributed by atoms with Gasteiger partial charge in [0.2, 0.25) is 23.7 Å². The average Bonchev–Trinajstić information content (AvgIpc) is 3.24. The van der Waals surface area contributed by atoms with Crippen LogP contribution in [0.15, 0.2) is 23.3 Å². The van der Waals surface area contributed by atoms with Crippen molar-refractivity contribution in [2.24, 2.45) is 5.10 Å². The SMILES string of the molecule is CCCC(=O)Nc1nnc(CC(=O)NN=Cc2ccc3c(c2)OCO3)s1. The molecule has 0 aliphatic carbocycles. The molecule has 136 valence electrons. The van der Waals surface area contributed by atoms with Crippen molar-refractivity contribution in [2.75, 3.05) is 12.1 Å². The Labute approximate surface area is 153 Å². The Kier molecular flexibility index (Phi) is 5.74. The van der Waals surface area contributed by atoms with Crippen molar-refractivity contribution in [1.29, 1.82) is 0 Å². The maximum absolute atomic E-state index is 11.9. The second kappa shape index (κ2) is 8.39. The van der Waals surface area contributed by atoms with Gasteiger partial charge in [-0.05, 0) is 30.2 Å². The molecule has 0 spiro atoms. The number of rotatable bonds is 7. The summed E-state index contributed by atoms with van der Waals surface area (Å²) in [7, 11) is 0. The van der Waals surface area contributed by atoms with Crippen molar-refractivity contribution in [3.63, 3.8) is 0 Å². The molecule has 0 bridgehead atoms. The maximum atomic E-state index is 11.9. The normalized spacial score (nSPS) is 12.3. The molecular weight excluding hydrogens is 358 g/mol. The highest BCUT2D eigenvalue weighted by atomic mass is 32.1. The van der Waals surface area contributed by atoms with E-state index in [2.05, 4.69) is 26.0 Å². The standard InChI is InChI=1S/C16H17N5O4S/c1-2-3-13(22)18-16-21-20-15(26-16)7-14(23)19-17-8-10-4-5-11-12(6-10)25-9-24-11/h4-6,8H,2-3,7,9H2,1H3,(H,19,23)(H,18,21,22). The highest BCUT2D eigenvalue weighted by Gasteiger charge is 2.13. The van der Waals surface area contributed by atoms with Crippen LogP contribution < -0.4 is 20.2 Å². The molecule has 0 saturated heterocycles. The Balaban J connectivity index is 1.48. The molecule has 1 aliphatic heterocycles. The fourth-order valence-electron chi connectivity index (χ4n) is 2.13. The summed E-state index contributed by atoms with van der Waals surface area (Å²) in [6.07, 6.45) is 2.71. The molecule has 1 aromatic carbocycles. The maximum Gasteiger partial charge on any atom is 0.247 e. The zero-order valence-corrected chi connectivity index (χ0v) is 14.8. The number of nitrogens with one attached hydrogen (secondary N) is 2. The highest BCUT2D eigenvalue weighted by Crippen LogP contribution is 2.31. The van der Waals surface area contributed by atoms with Gasteiger partial charge < -0.3 is 14.8 Å². The molecule has 0 atom stereocenters. The van der Waals surface area contributed by atoms with Crippen LogP contribution in [-0.2, 0) is 16.0 Å². The minimum atomic E-state index is -0.329. The van der Waals surface area contributed by atoms with Gasteiger partial charge in [0, 0.05) is 6.42 Å². The van der Waals surface area contributed by atoms with E-state index in [0.717, 1.165) is 23.3 Å². The molecule has 0 unspecified atom stereocenters. The summed E-state index contributed by atoms with van der Waals surface area (Å²) in [5.74, 6) is 0.883. The van der Waals surface area contributed by atoms with Gasteiger partial charge >= 0.3 is 0 Å². The van der Waals surface area contributed by atoms with Gasteiger partial charge in [0.15, 0.2) is 11.5 Å². The number of carbonyl (C=O) groups excluding carboxylic acids is 2. The number of carbonyl (C=O) groups is 2. The van der Waals surface area contributed by atoms with E-state index in [1.165, 1.54) is 6.21 Å². The van der Waals surface area contributed by atoms with Crippen molar-refractivity contribution in [2.45, 2.75) is 26.2 Å². The molecule has 2 aromatic rings. The fourth-order valence-corrected chi connectivity index (χ4v) is 2.89. The molecule has 0 radical (unpaired) electrons. The monoisotopic (exact) mass is 375 g/mol. The van der Waals surface area contributed by atoms with E-state index in [0.29, 0.717) is 28.1 Å². The molecule has 2 heterocycles. The zero-order valence-electron chi connectivity index (χ0n) is 14.0. The van der Waals surface area contributed by atoms with Gasteiger partial charge in [-0.25, -0.2) is 5.43 Å². The summed E-state index contributed by atoms with van der Waals surface area (Å²) in [6, 6.07) is 5.36. The third-order valence-corrected chi connectivity index (χ3v) is 4.14. The largest absolute Gasteiger partial charge is 0.454 e. The molecule has 3 rings (SSSR count). The van der Waals surface area contributed by atoms with Crippen LogP contribution in [0.25, 0.3) is 0 Å². The van der Waals surface area contributed by atoms with Gasteiger partial charge in [0.05, 0.1) is 12.6 Å². The van der Waals surface area contributed by atoms with Crippen molar-refractivity contribution in [1.82, 2.24) is 15.6 Å². The predicted octanol–water partition coefficient (Wildman–Crippen LogP) is 1.70. The highest BCUT2D eigenvalue weighted by molar-refractivity contribution is 7.15. The molecular formula is C16H17N5O4S. The molecule has 10 heteroatoms. The third-order valence-electron chi connectivity index (χ3n) is 3.30. The fraction of sp³-hybridized carbons (Fsp3) is 0.312.